The summed E-state index contributed by atoms with van der Waals surface area (Å²) in [6, 6.07) is 0. The minimum atomic E-state index is -3.66. The van der Waals surface area contributed by atoms with Crippen LogP contribution >= 0.6 is 10.7 Å². The molecule has 1 saturated heterocycles. The third kappa shape index (κ3) is 6.44. The molecule has 1 atom stereocenters. The van der Waals surface area contributed by atoms with Crippen LogP contribution in [-0.2, 0) is 14.0 Å². The molecule has 1 rings (SSSR count). The Hall–Kier alpha value is -0.530. The van der Waals surface area contributed by atoms with E-state index < -0.39 is 20.9 Å². The predicted octanol–water partition coefficient (Wildman–Crippen LogP) is 1.71. The number of halogens is 1. The first-order chi connectivity index (χ1) is 8.58. The lowest BCUT2D eigenvalue weighted by atomic mass is 10.00. The molecule has 1 heterocycles. The standard InChI is InChI=1S/C11H21ClN2O4S/c1-11(2,3)18-10(15)13-7-9-5-4-6-14(8-9)19(12,16)17/h9H,4-8H2,1-3H3,(H,13,15). The highest BCUT2D eigenvalue weighted by atomic mass is 35.7. The number of alkyl carbamates (subject to hydrolysis) is 1. The van der Waals surface area contributed by atoms with Crippen LogP contribution < -0.4 is 5.32 Å². The third-order valence-corrected chi connectivity index (χ3v) is 4.26. The SMILES string of the molecule is CC(C)(C)OC(=O)NCC1CCCN(S(=O)(=O)Cl)C1. The monoisotopic (exact) mass is 312 g/mol. The first kappa shape index (κ1) is 16.5. The fourth-order valence-electron chi connectivity index (χ4n) is 1.93. The molecule has 0 aromatic rings. The van der Waals surface area contributed by atoms with Gasteiger partial charge in [0.1, 0.15) is 5.60 Å². The summed E-state index contributed by atoms with van der Waals surface area (Å²) in [5, 5.41) is 2.66. The number of carbonyl (C=O) groups excluding carboxylic acids is 1. The minimum absolute atomic E-state index is 0.0646. The second-order valence-electron chi connectivity index (χ2n) is 5.69. The molecule has 0 radical (unpaired) electrons. The summed E-state index contributed by atoms with van der Waals surface area (Å²) in [5.41, 5.74) is -0.540. The maximum absolute atomic E-state index is 11.5. The summed E-state index contributed by atoms with van der Waals surface area (Å²) in [4.78, 5) is 11.5. The third-order valence-electron chi connectivity index (χ3n) is 2.72. The zero-order chi connectivity index (χ0) is 14.7. The van der Waals surface area contributed by atoms with Crippen LogP contribution in [0.4, 0.5) is 4.79 Å². The van der Waals surface area contributed by atoms with Gasteiger partial charge in [-0.2, -0.15) is 12.7 Å². The Morgan fingerprint density at radius 3 is 2.63 bits per heavy atom. The van der Waals surface area contributed by atoms with Crippen LogP contribution in [-0.4, -0.2) is 44.1 Å². The Kier molecular flexibility index (Phi) is 5.46. The summed E-state index contributed by atoms with van der Waals surface area (Å²) < 4.78 is 28.8. The quantitative estimate of drug-likeness (QED) is 0.805. The van der Waals surface area contributed by atoms with Crippen molar-refractivity contribution in [2.75, 3.05) is 19.6 Å². The van der Waals surface area contributed by atoms with E-state index in [0.717, 1.165) is 12.8 Å². The fourth-order valence-corrected chi connectivity index (χ4v) is 3.05. The highest BCUT2D eigenvalue weighted by Gasteiger charge is 2.27. The average molecular weight is 313 g/mol. The van der Waals surface area contributed by atoms with Crippen molar-refractivity contribution in [3.8, 4) is 0 Å². The first-order valence-corrected chi connectivity index (χ1v) is 8.51. The van der Waals surface area contributed by atoms with Gasteiger partial charge < -0.3 is 10.1 Å². The number of hydrogen-bond acceptors (Lipinski definition) is 4. The number of piperidine rings is 1. The lowest BCUT2D eigenvalue weighted by Crippen LogP contribution is -2.43. The molecular weight excluding hydrogens is 292 g/mol. The van der Waals surface area contributed by atoms with Gasteiger partial charge in [0.2, 0.25) is 0 Å². The molecule has 1 unspecified atom stereocenters. The highest BCUT2D eigenvalue weighted by molar-refractivity contribution is 8.11. The van der Waals surface area contributed by atoms with Crippen molar-refractivity contribution in [3.63, 3.8) is 0 Å². The van der Waals surface area contributed by atoms with Gasteiger partial charge in [-0.3, -0.25) is 0 Å². The predicted molar refractivity (Wildman–Crippen MR) is 73.3 cm³/mol. The van der Waals surface area contributed by atoms with Gasteiger partial charge in [-0.05, 0) is 39.5 Å². The van der Waals surface area contributed by atoms with Crippen molar-refractivity contribution in [2.24, 2.45) is 5.92 Å². The van der Waals surface area contributed by atoms with Gasteiger partial charge in [-0.25, -0.2) is 4.79 Å². The molecule has 0 aromatic heterocycles. The lowest BCUT2D eigenvalue weighted by molar-refractivity contribution is 0.0514. The molecule has 112 valence electrons. The van der Waals surface area contributed by atoms with Crippen LogP contribution in [0.1, 0.15) is 33.6 Å². The fraction of sp³-hybridized carbons (Fsp3) is 0.909. The molecule has 1 fully saturated rings. The summed E-state index contributed by atoms with van der Waals surface area (Å²) in [7, 11) is 1.65. The van der Waals surface area contributed by atoms with Crippen molar-refractivity contribution >= 4 is 26.0 Å². The van der Waals surface area contributed by atoms with Gasteiger partial charge in [0, 0.05) is 30.3 Å². The summed E-state index contributed by atoms with van der Waals surface area (Å²) in [5.74, 6) is 0.0646. The van der Waals surface area contributed by atoms with Crippen LogP contribution in [0.25, 0.3) is 0 Å². The average Bonchev–Trinajstić information content (AvgIpc) is 2.23. The van der Waals surface area contributed by atoms with E-state index in [4.69, 9.17) is 15.4 Å². The molecule has 0 spiro atoms. The molecule has 19 heavy (non-hydrogen) atoms. The maximum Gasteiger partial charge on any atom is 0.407 e. The Morgan fingerprint density at radius 1 is 1.47 bits per heavy atom. The number of hydrogen-bond donors (Lipinski definition) is 1. The van der Waals surface area contributed by atoms with E-state index in [0.29, 0.717) is 19.6 Å². The number of ether oxygens (including phenoxy) is 1. The van der Waals surface area contributed by atoms with Crippen molar-refractivity contribution in [2.45, 2.75) is 39.2 Å². The number of amides is 1. The number of nitrogens with one attached hydrogen (secondary N) is 1. The van der Waals surface area contributed by atoms with Crippen molar-refractivity contribution in [1.82, 2.24) is 9.62 Å². The van der Waals surface area contributed by atoms with Gasteiger partial charge in [-0.15, -0.1) is 0 Å². The zero-order valence-corrected chi connectivity index (χ0v) is 13.1. The topological polar surface area (TPSA) is 75.7 Å². The lowest BCUT2D eigenvalue weighted by Gasteiger charge is -2.30. The largest absolute Gasteiger partial charge is 0.444 e. The Balaban J connectivity index is 2.40. The molecule has 8 heteroatoms. The molecular formula is C11H21ClN2O4S. The van der Waals surface area contributed by atoms with E-state index in [1.54, 1.807) is 20.8 Å². The van der Waals surface area contributed by atoms with Crippen LogP contribution in [0.3, 0.4) is 0 Å². The zero-order valence-electron chi connectivity index (χ0n) is 11.5. The van der Waals surface area contributed by atoms with Crippen LogP contribution in [0.2, 0.25) is 0 Å². The van der Waals surface area contributed by atoms with Crippen LogP contribution in [0.5, 0.6) is 0 Å². The van der Waals surface area contributed by atoms with E-state index in [2.05, 4.69) is 5.32 Å². The molecule has 1 aliphatic heterocycles. The summed E-state index contributed by atoms with van der Waals surface area (Å²) >= 11 is 0. The smallest absolute Gasteiger partial charge is 0.407 e. The number of rotatable bonds is 3. The normalized spacial score (nSPS) is 22.0. The maximum atomic E-state index is 11.5. The second-order valence-corrected chi connectivity index (χ2v) is 8.20. The van der Waals surface area contributed by atoms with E-state index in [-0.39, 0.29) is 5.92 Å². The molecule has 0 bridgehead atoms. The minimum Gasteiger partial charge on any atom is -0.444 e. The molecule has 0 aromatic carbocycles. The van der Waals surface area contributed by atoms with Gasteiger partial charge in [0.05, 0.1) is 0 Å². The summed E-state index contributed by atoms with van der Waals surface area (Å²) in [6.07, 6.45) is 1.11. The molecule has 1 aliphatic rings. The molecule has 6 nitrogen and oxygen atoms in total. The number of carbonyl (C=O) groups is 1. The van der Waals surface area contributed by atoms with Crippen molar-refractivity contribution in [1.29, 1.82) is 0 Å². The number of nitrogens with zero attached hydrogens (tertiary/aromatic N) is 1. The van der Waals surface area contributed by atoms with Crippen molar-refractivity contribution in [3.05, 3.63) is 0 Å². The first-order valence-electron chi connectivity index (χ1n) is 6.24. The molecule has 1 amide bonds. The van der Waals surface area contributed by atoms with Gasteiger partial charge in [0.25, 0.3) is 9.24 Å². The Labute approximate surface area is 119 Å². The molecule has 0 saturated carbocycles. The Morgan fingerprint density at radius 2 is 2.11 bits per heavy atom. The van der Waals surface area contributed by atoms with E-state index >= 15 is 0 Å². The molecule has 0 aliphatic carbocycles. The highest BCUT2D eigenvalue weighted by Crippen LogP contribution is 2.20. The van der Waals surface area contributed by atoms with Crippen LogP contribution in [0.15, 0.2) is 0 Å². The van der Waals surface area contributed by atoms with E-state index in [1.165, 1.54) is 4.31 Å². The van der Waals surface area contributed by atoms with Gasteiger partial charge >= 0.3 is 6.09 Å². The van der Waals surface area contributed by atoms with Gasteiger partial charge in [-0.1, -0.05) is 0 Å². The molecule has 1 N–H and O–H groups in total. The van der Waals surface area contributed by atoms with E-state index in [1.807, 2.05) is 0 Å². The van der Waals surface area contributed by atoms with Gasteiger partial charge in [0.15, 0.2) is 0 Å². The van der Waals surface area contributed by atoms with Crippen molar-refractivity contribution < 1.29 is 17.9 Å². The van der Waals surface area contributed by atoms with E-state index in [9.17, 15) is 13.2 Å². The summed E-state index contributed by atoms with van der Waals surface area (Å²) in [6.45, 7) is 6.52. The second kappa shape index (κ2) is 6.28. The Bertz CT molecular complexity index is 419. The van der Waals surface area contributed by atoms with Crippen LogP contribution in [0, 0.1) is 5.92 Å².